The number of primary amides is 1. The Morgan fingerprint density at radius 2 is 2.05 bits per heavy atom. The van der Waals surface area contributed by atoms with Gasteiger partial charge in [-0.1, -0.05) is 17.7 Å². The number of amides is 1. The second-order valence-corrected chi connectivity index (χ2v) is 5.92. The Kier molecular flexibility index (Phi) is 5.00. The zero-order valence-corrected chi connectivity index (χ0v) is 12.3. The van der Waals surface area contributed by atoms with Gasteiger partial charge in [0.25, 0.3) is 0 Å². The first kappa shape index (κ1) is 15.3. The van der Waals surface area contributed by atoms with E-state index in [2.05, 4.69) is 5.32 Å². The normalized spacial score (nSPS) is 24.4. The second kappa shape index (κ2) is 6.55. The van der Waals surface area contributed by atoms with Crippen molar-refractivity contribution in [2.24, 2.45) is 11.7 Å². The van der Waals surface area contributed by atoms with E-state index in [-0.39, 0.29) is 22.9 Å². The van der Waals surface area contributed by atoms with Crippen LogP contribution in [0.4, 0.5) is 4.39 Å². The fourth-order valence-electron chi connectivity index (χ4n) is 2.78. The van der Waals surface area contributed by atoms with Crippen molar-refractivity contribution in [2.75, 3.05) is 0 Å². The molecular formula is C15H20ClFN2O. The van der Waals surface area contributed by atoms with Crippen molar-refractivity contribution in [2.45, 2.75) is 44.7 Å². The predicted molar refractivity (Wildman–Crippen MR) is 77.9 cm³/mol. The molecular weight excluding hydrogens is 279 g/mol. The highest BCUT2D eigenvalue weighted by Crippen LogP contribution is 2.27. The van der Waals surface area contributed by atoms with E-state index in [1.807, 2.05) is 6.92 Å². The van der Waals surface area contributed by atoms with Crippen molar-refractivity contribution < 1.29 is 9.18 Å². The van der Waals surface area contributed by atoms with Crippen LogP contribution in [0.15, 0.2) is 18.2 Å². The van der Waals surface area contributed by atoms with E-state index in [0.717, 1.165) is 31.2 Å². The molecule has 1 fully saturated rings. The summed E-state index contributed by atoms with van der Waals surface area (Å²) in [7, 11) is 0. The highest BCUT2D eigenvalue weighted by Gasteiger charge is 2.25. The summed E-state index contributed by atoms with van der Waals surface area (Å²) in [6.07, 6.45) is 3.55. The molecule has 0 radical (unpaired) electrons. The maximum atomic E-state index is 13.1. The third-order valence-corrected chi connectivity index (χ3v) is 4.35. The van der Waals surface area contributed by atoms with Crippen molar-refractivity contribution in [3.8, 4) is 0 Å². The molecule has 0 bridgehead atoms. The lowest BCUT2D eigenvalue weighted by atomic mass is 9.85. The molecule has 2 rings (SSSR count). The van der Waals surface area contributed by atoms with Crippen molar-refractivity contribution in [1.29, 1.82) is 0 Å². The van der Waals surface area contributed by atoms with Crippen molar-refractivity contribution >= 4 is 17.5 Å². The molecule has 110 valence electrons. The number of nitrogens with two attached hydrogens (primary N) is 1. The van der Waals surface area contributed by atoms with E-state index in [9.17, 15) is 9.18 Å². The van der Waals surface area contributed by atoms with E-state index in [1.165, 1.54) is 6.07 Å². The average molecular weight is 299 g/mol. The number of nitrogens with one attached hydrogen (secondary N) is 1. The maximum Gasteiger partial charge on any atom is 0.220 e. The van der Waals surface area contributed by atoms with Crippen LogP contribution in [0.25, 0.3) is 0 Å². The van der Waals surface area contributed by atoms with E-state index < -0.39 is 5.82 Å². The van der Waals surface area contributed by atoms with Crippen molar-refractivity contribution in [3.63, 3.8) is 0 Å². The van der Waals surface area contributed by atoms with Gasteiger partial charge in [-0.05, 0) is 50.3 Å². The summed E-state index contributed by atoms with van der Waals surface area (Å²) < 4.78 is 13.1. The average Bonchev–Trinajstić information content (AvgIpc) is 2.42. The van der Waals surface area contributed by atoms with E-state index >= 15 is 0 Å². The lowest BCUT2D eigenvalue weighted by molar-refractivity contribution is -0.122. The molecule has 0 aromatic heterocycles. The molecule has 0 spiro atoms. The largest absolute Gasteiger partial charge is 0.369 e. The van der Waals surface area contributed by atoms with Crippen LogP contribution in [0, 0.1) is 11.7 Å². The number of halogens is 2. The molecule has 1 aliphatic rings. The molecule has 0 heterocycles. The molecule has 5 heteroatoms. The number of carbonyl (C=O) groups is 1. The molecule has 1 aromatic carbocycles. The predicted octanol–water partition coefficient (Wildman–Crippen LogP) is 3.17. The zero-order valence-electron chi connectivity index (χ0n) is 11.5. The summed E-state index contributed by atoms with van der Waals surface area (Å²) in [6, 6.07) is 5.25. The topological polar surface area (TPSA) is 55.1 Å². The summed E-state index contributed by atoms with van der Waals surface area (Å²) in [4.78, 5) is 11.1. The summed E-state index contributed by atoms with van der Waals surface area (Å²) in [6.45, 7) is 2.03. The van der Waals surface area contributed by atoms with Crippen LogP contribution in [-0.2, 0) is 4.79 Å². The van der Waals surface area contributed by atoms with Gasteiger partial charge in [-0.2, -0.15) is 0 Å². The molecule has 20 heavy (non-hydrogen) atoms. The molecule has 1 atom stereocenters. The number of carbonyl (C=O) groups excluding carboxylic acids is 1. The van der Waals surface area contributed by atoms with Crippen LogP contribution >= 0.6 is 11.6 Å². The van der Waals surface area contributed by atoms with Crippen LogP contribution in [0.2, 0.25) is 5.02 Å². The van der Waals surface area contributed by atoms with Gasteiger partial charge in [0.15, 0.2) is 0 Å². The molecule has 3 N–H and O–H groups in total. The summed E-state index contributed by atoms with van der Waals surface area (Å²) >= 11 is 5.80. The van der Waals surface area contributed by atoms with Gasteiger partial charge < -0.3 is 11.1 Å². The molecule has 0 saturated heterocycles. The lowest BCUT2D eigenvalue weighted by Crippen LogP contribution is -2.37. The summed E-state index contributed by atoms with van der Waals surface area (Å²) in [5, 5.41) is 3.65. The number of rotatable bonds is 4. The highest BCUT2D eigenvalue weighted by atomic mass is 35.5. The van der Waals surface area contributed by atoms with Gasteiger partial charge in [-0.15, -0.1) is 0 Å². The second-order valence-electron chi connectivity index (χ2n) is 5.51. The van der Waals surface area contributed by atoms with Crippen LogP contribution in [-0.4, -0.2) is 11.9 Å². The third kappa shape index (κ3) is 3.70. The number of hydrogen-bond donors (Lipinski definition) is 2. The van der Waals surface area contributed by atoms with E-state index in [1.54, 1.807) is 12.1 Å². The Morgan fingerprint density at radius 1 is 1.40 bits per heavy atom. The van der Waals surface area contributed by atoms with Gasteiger partial charge in [-0.25, -0.2) is 4.39 Å². The Balaban J connectivity index is 1.90. The zero-order chi connectivity index (χ0) is 14.7. The van der Waals surface area contributed by atoms with Crippen LogP contribution in [0.1, 0.15) is 44.2 Å². The maximum absolute atomic E-state index is 13.1. The minimum Gasteiger partial charge on any atom is -0.369 e. The Morgan fingerprint density at radius 3 is 2.60 bits per heavy atom. The van der Waals surface area contributed by atoms with Gasteiger partial charge in [0.05, 0.1) is 5.02 Å². The molecule has 1 aromatic rings. The van der Waals surface area contributed by atoms with Gasteiger partial charge in [0.2, 0.25) is 5.91 Å². The van der Waals surface area contributed by atoms with Crippen LogP contribution in [0.5, 0.6) is 0 Å². The van der Waals surface area contributed by atoms with Gasteiger partial charge in [-0.3, -0.25) is 4.79 Å². The molecule has 1 unspecified atom stereocenters. The first-order valence-corrected chi connectivity index (χ1v) is 7.35. The molecule has 1 aliphatic carbocycles. The summed E-state index contributed by atoms with van der Waals surface area (Å²) in [5.41, 5.74) is 6.29. The standard InChI is InChI=1S/C15H20ClFN2O/c1-9(11-4-7-14(17)13(16)8-11)19-12-5-2-10(3-6-12)15(18)20/h4,7-10,12,19H,2-3,5-6H2,1H3,(H2,18,20). The number of hydrogen-bond acceptors (Lipinski definition) is 2. The molecule has 3 nitrogen and oxygen atoms in total. The highest BCUT2D eigenvalue weighted by molar-refractivity contribution is 6.30. The minimum absolute atomic E-state index is 0.0172. The van der Waals surface area contributed by atoms with Gasteiger partial charge in [0.1, 0.15) is 5.82 Å². The first-order chi connectivity index (χ1) is 9.47. The van der Waals surface area contributed by atoms with Crippen LogP contribution < -0.4 is 11.1 Å². The van der Waals surface area contributed by atoms with E-state index in [0.29, 0.717) is 6.04 Å². The Hall–Kier alpha value is -1.13. The lowest BCUT2D eigenvalue weighted by Gasteiger charge is -2.30. The van der Waals surface area contributed by atoms with Crippen LogP contribution in [0.3, 0.4) is 0 Å². The fraction of sp³-hybridized carbons (Fsp3) is 0.533. The monoisotopic (exact) mass is 298 g/mol. The third-order valence-electron chi connectivity index (χ3n) is 4.06. The minimum atomic E-state index is -0.399. The smallest absolute Gasteiger partial charge is 0.220 e. The van der Waals surface area contributed by atoms with Crippen molar-refractivity contribution in [3.05, 3.63) is 34.6 Å². The fourth-order valence-corrected chi connectivity index (χ4v) is 2.97. The Labute approximate surface area is 123 Å². The van der Waals surface area contributed by atoms with Gasteiger partial charge >= 0.3 is 0 Å². The molecule has 1 saturated carbocycles. The quantitative estimate of drug-likeness (QED) is 0.897. The SMILES string of the molecule is CC(NC1CCC(C(N)=O)CC1)c1ccc(F)c(Cl)c1. The van der Waals surface area contributed by atoms with Crippen molar-refractivity contribution in [1.82, 2.24) is 5.32 Å². The summed E-state index contributed by atoms with van der Waals surface area (Å²) in [5.74, 6) is -0.574. The first-order valence-electron chi connectivity index (χ1n) is 6.97. The number of benzene rings is 1. The van der Waals surface area contributed by atoms with E-state index in [4.69, 9.17) is 17.3 Å². The molecule has 0 aliphatic heterocycles. The molecule has 1 amide bonds. The Bertz CT molecular complexity index is 487. The van der Waals surface area contributed by atoms with Gasteiger partial charge in [0, 0.05) is 18.0 Å².